The molecule has 4 aromatic rings. The van der Waals surface area contributed by atoms with E-state index in [9.17, 15) is 14.0 Å². The highest BCUT2D eigenvalue weighted by Crippen LogP contribution is 2.42. The fourth-order valence-corrected chi connectivity index (χ4v) is 4.22. The lowest BCUT2D eigenvalue weighted by Gasteiger charge is -2.25. The predicted octanol–water partition coefficient (Wildman–Crippen LogP) is 5.65. The van der Waals surface area contributed by atoms with Crippen molar-refractivity contribution in [2.75, 3.05) is 12.0 Å². The summed E-state index contributed by atoms with van der Waals surface area (Å²) in [6.07, 6.45) is 0. The van der Waals surface area contributed by atoms with Gasteiger partial charge >= 0.3 is 0 Å². The number of aryl methyl sites for hydroxylation is 1. The molecule has 1 aromatic heterocycles. The molecule has 1 amide bonds. The van der Waals surface area contributed by atoms with Gasteiger partial charge in [0.05, 0.1) is 24.1 Å². The summed E-state index contributed by atoms with van der Waals surface area (Å²) in [5, 5.41) is 0.574. The van der Waals surface area contributed by atoms with Crippen LogP contribution in [-0.4, -0.2) is 13.0 Å². The molecule has 0 radical (unpaired) electrons. The summed E-state index contributed by atoms with van der Waals surface area (Å²) in [6.45, 7) is 1.86. The monoisotopic (exact) mass is 449 g/mol. The summed E-state index contributed by atoms with van der Waals surface area (Å²) in [7, 11) is 1.55. The molecule has 3 aromatic carbocycles. The Morgan fingerprint density at radius 1 is 1.03 bits per heavy atom. The highest BCUT2D eigenvalue weighted by molar-refractivity contribution is 6.31. The van der Waals surface area contributed by atoms with Crippen LogP contribution >= 0.6 is 11.6 Å². The summed E-state index contributed by atoms with van der Waals surface area (Å²) < 4.78 is 25.0. The van der Waals surface area contributed by atoms with Crippen LogP contribution in [0.5, 0.6) is 5.75 Å². The first-order chi connectivity index (χ1) is 15.4. The van der Waals surface area contributed by atoms with Gasteiger partial charge in [-0.05, 0) is 60.5 Å². The van der Waals surface area contributed by atoms with Crippen molar-refractivity contribution in [3.05, 3.63) is 104 Å². The van der Waals surface area contributed by atoms with Crippen LogP contribution in [0.15, 0.2) is 69.9 Å². The van der Waals surface area contributed by atoms with Gasteiger partial charge in [-0.1, -0.05) is 29.8 Å². The van der Waals surface area contributed by atoms with Crippen molar-refractivity contribution >= 4 is 34.2 Å². The number of nitrogens with zero attached hydrogens (tertiary/aromatic N) is 1. The fraction of sp³-hybridized carbons (Fsp3) is 0.120. The largest absolute Gasteiger partial charge is 0.497 e. The molecule has 1 aliphatic heterocycles. The van der Waals surface area contributed by atoms with Gasteiger partial charge in [0, 0.05) is 10.7 Å². The number of ether oxygens (including phenoxy) is 1. The van der Waals surface area contributed by atoms with E-state index in [4.69, 9.17) is 20.8 Å². The first-order valence-electron chi connectivity index (χ1n) is 9.89. The Morgan fingerprint density at radius 3 is 2.47 bits per heavy atom. The maximum Gasteiger partial charge on any atom is 0.295 e. The average molecular weight is 450 g/mol. The molecule has 5 rings (SSSR count). The SMILES string of the molecule is COc1ccc(C2c3c(oc4ccc(F)cc4c3=O)C(=O)N2c2ccc(C)c(Cl)c2)cc1. The number of rotatable bonds is 3. The maximum atomic E-state index is 13.9. The van der Waals surface area contributed by atoms with Crippen molar-refractivity contribution < 1.29 is 18.3 Å². The molecule has 0 bridgehead atoms. The normalized spacial score (nSPS) is 15.3. The molecule has 0 spiro atoms. The van der Waals surface area contributed by atoms with Crippen LogP contribution in [0, 0.1) is 12.7 Å². The predicted molar refractivity (Wildman–Crippen MR) is 120 cm³/mol. The molecule has 0 saturated carbocycles. The van der Waals surface area contributed by atoms with Gasteiger partial charge in [0.1, 0.15) is 17.1 Å². The lowest BCUT2D eigenvalue weighted by Crippen LogP contribution is -2.29. The van der Waals surface area contributed by atoms with E-state index in [1.807, 2.05) is 6.92 Å². The molecule has 0 saturated heterocycles. The lowest BCUT2D eigenvalue weighted by atomic mass is 9.98. The Kier molecular flexibility index (Phi) is 4.75. The van der Waals surface area contributed by atoms with Gasteiger partial charge in [-0.15, -0.1) is 0 Å². The minimum Gasteiger partial charge on any atom is -0.497 e. The van der Waals surface area contributed by atoms with E-state index < -0.39 is 23.2 Å². The van der Waals surface area contributed by atoms with E-state index in [0.29, 0.717) is 22.0 Å². The standard InChI is InChI=1S/C25H17ClFNO4/c1-13-3-7-16(12-19(13)26)28-22(14-4-8-17(31-2)9-5-14)21-23(29)18-11-15(27)6-10-20(18)32-24(21)25(28)30/h3-12,22H,1-2H3. The number of carbonyl (C=O) groups excluding carboxylic acids is 1. The van der Waals surface area contributed by atoms with Crippen LogP contribution in [0.3, 0.4) is 0 Å². The molecular formula is C25H17ClFNO4. The number of fused-ring (bicyclic) bond motifs is 2. The maximum absolute atomic E-state index is 13.9. The van der Waals surface area contributed by atoms with Gasteiger partial charge in [-0.2, -0.15) is 0 Å². The molecule has 7 heteroatoms. The topological polar surface area (TPSA) is 59.8 Å². The molecule has 1 atom stereocenters. The van der Waals surface area contributed by atoms with Gasteiger partial charge in [-0.25, -0.2) is 4.39 Å². The number of carbonyl (C=O) groups is 1. The second kappa shape index (κ2) is 7.50. The Morgan fingerprint density at radius 2 is 1.78 bits per heavy atom. The van der Waals surface area contributed by atoms with Crippen molar-refractivity contribution in [1.82, 2.24) is 0 Å². The van der Waals surface area contributed by atoms with Crippen molar-refractivity contribution in [2.45, 2.75) is 13.0 Å². The van der Waals surface area contributed by atoms with Crippen LogP contribution in [0.2, 0.25) is 5.02 Å². The minimum absolute atomic E-state index is 0.0633. The van der Waals surface area contributed by atoms with Gasteiger partial charge < -0.3 is 9.15 Å². The zero-order valence-electron chi connectivity index (χ0n) is 17.2. The first-order valence-corrected chi connectivity index (χ1v) is 10.3. The van der Waals surface area contributed by atoms with Crippen molar-refractivity contribution in [2.24, 2.45) is 0 Å². The Balaban J connectivity index is 1.80. The minimum atomic E-state index is -0.772. The van der Waals surface area contributed by atoms with Gasteiger partial charge in [-0.3, -0.25) is 14.5 Å². The van der Waals surface area contributed by atoms with E-state index in [0.717, 1.165) is 11.6 Å². The third-order valence-electron chi connectivity index (χ3n) is 5.70. The van der Waals surface area contributed by atoms with Crippen LogP contribution in [0.25, 0.3) is 11.0 Å². The van der Waals surface area contributed by atoms with Gasteiger partial charge in [0.2, 0.25) is 5.76 Å². The third kappa shape index (κ3) is 3.07. The summed E-state index contributed by atoms with van der Waals surface area (Å²) in [6, 6.07) is 15.2. The van der Waals surface area contributed by atoms with E-state index in [1.54, 1.807) is 49.6 Å². The lowest BCUT2D eigenvalue weighted by molar-refractivity contribution is 0.0971. The zero-order chi connectivity index (χ0) is 22.6. The number of amides is 1. The number of benzene rings is 3. The Hall–Kier alpha value is -3.64. The van der Waals surface area contributed by atoms with E-state index in [-0.39, 0.29) is 22.3 Å². The second-order valence-electron chi connectivity index (χ2n) is 7.60. The van der Waals surface area contributed by atoms with Crippen molar-refractivity contribution in [3.8, 4) is 5.75 Å². The fourth-order valence-electron chi connectivity index (χ4n) is 4.04. The summed E-state index contributed by atoms with van der Waals surface area (Å²) in [5.41, 5.74) is 1.92. The van der Waals surface area contributed by atoms with Crippen molar-refractivity contribution in [1.29, 1.82) is 0 Å². The zero-order valence-corrected chi connectivity index (χ0v) is 17.9. The van der Waals surface area contributed by atoms with Crippen LogP contribution < -0.4 is 15.1 Å². The quantitative estimate of drug-likeness (QED) is 0.405. The summed E-state index contributed by atoms with van der Waals surface area (Å²) in [5.74, 6) is -0.455. The third-order valence-corrected chi connectivity index (χ3v) is 6.10. The van der Waals surface area contributed by atoms with E-state index in [2.05, 4.69) is 0 Å². The summed E-state index contributed by atoms with van der Waals surface area (Å²) in [4.78, 5) is 28.5. The average Bonchev–Trinajstić information content (AvgIpc) is 3.09. The molecular weight excluding hydrogens is 433 g/mol. The smallest absolute Gasteiger partial charge is 0.295 e. The number of hydrogen-bond acceptors (Lipinski definition) is 4. The second-order valence-corrected chi connectivity index (χ2v) is 8.01. The van der Waals surface area contributed by atoms with Crippen LogP contribution in [0.4, 0.5) is 10.1 Å². The van der Waals surface area contributed by atoms with Gasteiger partial charge in [0.25, 0.3) is 5.91 Å². The highest BCUT2D eigenvalue weighted by Gasteiger charge is 2.43. The van der Waals surface area contributed by atoms with Crippen molar-refractivity contribution in [3.63, 3.8) is 0 Å². The number of methoxy groups -OCH3 is 1. The number of halogens is 2. The molecule has 0 aliphatic carbocycles. The van der Waals surface area contributed by atoms with E-state index >= 15 is 0 Å². The van der Waals surface area contributed by atoms with Crippen LogP contribution in [-0.2, 0) is 0 Å². The number of anilines is 1. The molecule has 1 aliphatic rings. The molecule has 1 unspecified atom stereocenters. The molecule has 0 fully saturated rings. The number of hydrogen-bond donors (Lipinski definition) is 0. The van der Waals surface area contributed by atoms with Gasteiger partial charge in [0.15, 0.2) is 5.43 Å². The van der Waals surface area contributed by atoms with E-state index in [1.165, 1.54) is 17.0 Å². The van der Waals surface area contributed by atoms with Crippen LogP contribution in [0.1, 0.15) is 33.3 Å². The molecule has 32 heavy (non-hydrogen) atoms. The Bertz CT molecular complexity index is 1450. The Labute approximate surface area is 187 Å². The molecule has 160 valence electrons. The molecule has 0 N–H and O–H groups in total. The first kappa shape index (κ1) is 20.3. The highest BCUT2D eigenvalue weighted by atomic mass is 35.5. The molecule has 2 heterocycles. The molecule has 5 nitrogen and oxygen atoms in total. The summed E-state index contributed by atoms with van der Waals surface area (Å²) >= 11 is 6.34.